The lowest BCUT2D eigenvalue weighted by Crippen LogP contribution is -2.29. The summed E-state index contributed by atoms with van der Waals surface area (Å²) in [5.41, 5.74) is 2.28. The monoisotopic (exact) mass is 548 g/mol. The first-order valence-electron chi connectivity index (χ1n) is 11.8. The summed E-state index contributed by atoms with van der Waals surface area (Å²) in [4.78, 5) is 32.9. The second-order valence-electron chi connectivity index (χ2n) is 9.16. The van der Waals surface area contributed by atoms with E-state index in [1.165, 1.54) is 35.5 Å². The fourth-order valence-electron chi connectivity index (χ4n) is 4.92. The van der Waals surface area contributed by atoms with Gasteiger partial charge in [0, 0.05) is 17.0 Å². The maximum atomic E-state index is 13.5. The number of aromatic hydroxyl groups is 1. The Bertz CT molecular complexity index is 1680. The van der Waals surface area contributed by atoms with Crippen LogP contribution < -0.4 is 14.4 Å². The number of rotatable bonds is 4. The number of ketones is 1. The number of fused-ring (bicyclic) bond motifs is 2. The molecule has 2 aliphatic rings. The number of carbonyl (C=O) groups is 2. The van der Waals surface area contributed by atoms with Gasteiger partial charge in [0.1, 0.15) is 17.6 Å². The Labute approximate surface area is 226 Å². The van der Waals surface area contributed by atoms with Crippen molar-refractivity contribution in [1.82, 2.24) is 4.98 Å². The number of amides is 1. The third-order valence-electron chi connectivity index (χ3n) is 6.68. The van der Waals surface area contributed by atoms with E-state index in [0.29, 0.717) is 28.1 Å². The van der Waals surface area contributed by atoms with Gasteiger partial charge in [0.2, 0.25) is 0 Å². The van der Waals surface area contributed by atoms with E-state index >= 15 is 0 Å². The molecule has 1 aromatic heterocycles. The molecule has 1 fully saturated rings. The number of hydrogen-bond donors (Lipinski definition) is 2. The maximum absolute atomic E-state index is 13.5. The minimum absolute atomic E-state index is 0.00461. The average Bonchev–Trinajstić information content (AvgIpc) is 3.56. The molecule has 0 radical (unpaired) electrons. The minimum Gasteiger partial charge on any atom is -0.507 e. The van der Waals surface area contributed by atoms with Crippen molar-refractivity contribution < 1.29 is 29.3 Å². The molecule has 2 atom stereocenters. The van der Waals surface area contributed by atoms with Crippen molar-refractivity contribution in [3.63, 3.8) is 0 Å². The van der Waals surface area contributed by atoms with Crippen LogP contribution in [-0.4, -0.2) is 40.1 Å². The summed E-state index contributed by atoms with van der Waals surface area (Å²) in [5.74, 6) is -1.20. The molecular weight excluding hydrogens is 528 g/mol. The number of aromatic nitrogens is 1. The predicted octanol–water partition coefficient (Wildman–Crippen LogP) is 5.61. The fourth-order valence-corrected chi connectivity index (χ4v) is 6.19. The number of methoxy groups -OCH3 is 1. The summed E-state index contributed by atoms with van der Waals surface area (Å²) < 4.78 is 11.8. The van der Waals surface area contributed by atoms with Crippen molar-refractivity contribution >= 4 is 55.7 Å². The number of hydrogen-bond acceptors (Lipinski definition) is 8. The molecule has 3 heterocycles. The molecule has 0 unspecified atom stereocenters. The summed E-state index contributed by atoms with van der Waals surface area (Å²) in [5, 5.41) is 22.5. The number of carbonyl (C=O) groups excluding carboxylic acids is 2. The normalized spacial score (nSPS) is 20.1. The smallest absolute Gasteiger partial charge is 0.301 e. The van der Waals surface area contributed by atoms with Gasteiger partial charge < -0.3 is 19.7 Å². The highest BCUT2D eigenvalue weighted by atomic mass is 35.5. The fraction of sp³-hybridized carbons (Fsp3) is 0.179. The van der Waals surface area contributed by atoms with Crippen LogP contribution in [-0.2, 0) is 16.0 Å². The van der Waals surface area contributed by atoms with E-state index in [2.05, 4.69) is 4.98 Å². The second-order valence-corrected chi connectivity index (χ2v) is 10.6. The van der Waals surface area contributed by atoms with Gasteiger partial charge in [-0.15, -0.1) is 0 Å². The number of aliphatic hydroxyl groups is 1. The van der Waals surface area contributed by atoms with Crippen LogP contribution in [0, 0.1) is 0 Å². The van der Waals surface area contributed by atoms with Crippen molar-refractivity contribution in [2.24, 2.45) is 0 Å². The van der Waals surface area contributed by atoms with Gasteiger partial charge in [0.05, 0.1) is 28.9 Å². The first-order chi connectivity index (χ1) is 18.2. The molecule has 0 bridgehead atoms. The summed E-state index contributed by atoms with van der Waals surface area (Å²) >= 11 is 7.36. The summed E-state index contributed by atoms with van der Waals surface area (Å²) in [6.45, 7) is 1.95. The van der Waals surface area contributed by atoms with Crippen LogP contribution in [0.1, 0.15) is 29.7 Å². The number of Topliss-reactive ketones (excluding diaryl/α,β-unsaturated/α-hetero) is 1. The molecule has 1 saturated heterocycles. The first-order valence-corrected chi connectivity index (χ1v) is 13.0. The second kappa shape index (κ2) is 9.04. The highest BCUT2D eigenvalue weighted by Crippen LogP contribution is 2.46. The molecule has 1 amide bonds. The molecule has 0 aliphatic carbocycles. The molecule has 3 aromatic carbocycles. The Hall–Kier alpha value is -4.08. The zero-order valence-electron chi connectivity index (χ0n) is 20.3. The number of ether oxygens (including phenoxy) is 2. The van der Waals surface area contributed by atoms with E-state index in [4.69, 9.17) is 21.1 Å². The first kappa shape index (κ1) is 24.3. The number of anilines is 1. The van der Waals surface area contributed by atoms with Crippen molar-refractivity contribution in [1.29, 1.82) is 0 Å². The molecule has 8 nitrogen and oxygen atoms in total. The summed E-state index contributed by atoms with van der Waals surface area (Å²) in [7, 11) is 1.40. The zero-order chi connectivity index (χ0) is 26.7. The van der Waals surface area contributed by atoms with Crippen molar-refractivity contribution in [2.75, 3.05) is 12.0 Å². The third-order valence-corrected chi connectivity index (χ3v) is 7.93. The van der Waals surface area contributed by atoms with Crippen molar-refractivity contribution in [3.8, 4) is 17.2 Å². The van der Waals surface area contributed by atoms with E-state index in [-0.39, 0.29) is 34.1 Å². The Balaban J connectivity index is 1.55. The minimum atomic E-state index is -1.02. The molecule has 2 aliphatic heterocycles. The van der Waals surface area contributed by atoms with Crippen LogP contribution in [0.4, 0.5) is 5.13 Å². The van der Waals surface area contributed by atoms with Crippen molar-refractivity contribution in [3.05, 3.63) is 81.9 Å². The number of thiazole rings is 1. The SMILES string of the molecule is COc1cc([C@@H]2C(=C(O)c3ccc4c(c3)C[C@@H](C)O4)C(=O)C(=O)N2c2nc3ccc(Cl)cc3s2)ccc1O. The predicted molar refractivity (Wildman–Crippen MR) is 144 cm³/mol. The lowest BCUT2D eigenvalue weighted by molar-refractivity contribution is -0.132. The van der Waals surface area contributed by atoms with Gasteiger partial charge in [0.15, 0.2) is 16.6 Å². The number of nitrogens with zero attached hydrogens (tertiary/aromatic N) is 2. The molecule has 10 heteroatoms. The van der Waals surface area contributed by atoms with Gasteiger partial charge in [-0.3, -0.25) is 14.5 Å². The number of phenols is 1. The zero-order valence-corrected chi connectivity index (χ0v) is 21.8. The standard InChI is InChI=1S/C28H21ClN2O6S/c1-13-9-16-10-15(4-8-20(16)37-13)25(33)23-24(14-3-7-19(32)21(11-14)36-2)31(27(35)26(23)34)28-30-18-6-5-17(29)12-22(18)38-28/h3-8,10-13,24,32-33H,9H2,1-2H3/t13-,24-/m1/s1. The molecule has 38 heavy (non-hydrogen) atoms. The quantitative estimate of drug-likeness (QED) is 0.194. The van der Waals surface area contributed by atoms with E-state index in [9.17, 15) is 19.8 Å². The van der Waals surface area contributed by atoms with Crippen LogP contribution in [0.25, 0.3) is 16.0 Å². The van der Waals surface area contributed by atoms with E-state index < -0.39 is 17.7 Å². The number of benzene rings is 3. The number of phenolic OH excluding ortho intramolecular Hbond substituents is 1. The number of halogens is 1. The van der Waals surface area contributed by atoms with Gasteiger partial charge in [0.25, 0.3) is 5.78 Å². The van der Waals surface area contributed by atoms with Gasteiger partial charge in [-0.1, -0.05) is 29.0 Å². The lowest BCUT2D eigenvalue weighted by atomic mass is 9.94. The van der Waals surface area contributed by atoms with E-state index in [1.807, 2.05) is 6.92 Å². The third kappa shape index (κ3) is 3.86. The highest BCUT2D eigenvalue weighted by Gasteiger charge is 2.48. The molecule has 192 valence electrons. The molecular formula is C28H21ClN2O6S. The molecule has 2 N–H and O–H groups in total. The largest absolute Gasteiger partial charge is 0.507 e. The molecule has 4 aromatic rings. The van der Waals surface area contributed by atoms with Gasteiger partial charge in [-0.2, -0.15) is 0 Å². The highest BCUT2D eigenvalue weighted by molar-refractivity contribution is 7.22. The summed E-state index contributed by atoms with van der Waals surface area (Å²) in [6.07, 6.45) is 0.669. The van der Waals surface area contributed by atoms with Crippen molar-refractivity contribution in [2.45, 2.75) is 25.5 Å². The van der Waals surface area contributed by atoms with E-state index in [0.717, 1.165) is 16.0 Å². The Morgan fingerprint density at radius 3 is 2.76 bits per heavy atom. The number of aliphatic hydroxyl groups excluding tert-OH is 1. The van der Waals surface area contributed by atoms with Crippen LogP contribution >= 0.6 is 22.9 Å². The molecule has 0 saturated carbocycles. The van der Waals surface area contributed by atoms with Gasteiger partial charge in [-0.25, -0.2) is 4.98 Å². The van der Waals surface area contributed by atoms with Gasteiger partial charge in [-0.05, 0) is 66.6 Å². The van der Waals surface area contributed by atoms with Crippen LogP contribution in [0.3, 0.4) is 0 Å². The molecule has 0 spiro atoms. The van der Waals surface area contributed by atoms with Crippen LogP contribution in [0.15, 0.2) is 60.2 Å². The van der Waals surface area contributed by atoms with Crippen LogP contribution in [0.5, 0.6) is 17.2 Å². The Morgan fingerprint density at radius 1 is 1.16 bits per heavy atom. The Kier molecular flexibility index (Phi) is 5.77. The molecule has 6 rings (SSSR count). The topological polar surface area (TPSA) is 109 Å². The maximum Gasteiger partial charge on any atom is 0.301 e. The summed E-state index contributed by atoms with van der Waals surface area (Å²) in [6, 6.07) is 13.9. The van der Waals surface area contributed by atoms with E-state index in [1.54, 1.807) is 42.5 Å². The Morgan fingerprint density at radius 2 is 1.97 bits per heavy atom. The lowest BCUT2D eigenvalue weighted by Gasteiger charge is -2.23. The van der Waals surface area contributed by atoms with Crippen LogP contribution in [0.2, 0.25) is 5.02 Å². The average molecular weight is 549 g/mol. The van der Waals surface area contributed by atoms with Gasteiger partial charge >= 0.3 is 5.91 Å².